The maximum absolute atomic E-state index is 12.3. The number of nitrogens with zero attached hydrogens (tertiary/aromatic N) is 5. The van der Waals surface area contributed by atoms with Crippen LogP contribution in [0.3, 0.4) is 0 Å². The molecule has 158 valence electrons. The molecule has 0 bridgehead atoms. The van der Waals surface area contributed by atoms with E-state index in [9.17, 15) is 4.79 Å². The maximum Gasteiger partial charge on any atom is 0.263 e. The number of carbonyl (C=O) groups excluding carboxylic acids is 1. The lowest BCUT2D eigenvalue weighted by Gasteiger charge is -2.22. The molecule has 4 rings (SSSR count). The third kappa shape index (κ3) is 5.04. The Kier molecular flexibility index (Phi) is 6.59. The van der Waals surface area contributed by atoms with Gasteiger partial charge in [0.2, 0.25) is 5.91 Å². The zero-order valence-corrected chi connectivity index (χ0v) is 17.5. The number of carbonyl (C=O) groups is 1. The second kappa shape index (κ2) is 9.52. The molecular formula is C21H32N6O2. The topological polar surface area (TPSA) is 87.4 Å². The van der Waals surface area contributed by atoms with Crippen molar-refractivity contribution < 1.29 is 9.32 Å². The average Bonchev–Trinajstić information content (AvgIpc) is 3.28. The molecule has 0 unspecified atom stereocenters. The van der Waals surface area contributed by atoms with E-state index in [4.69, 9.17) is 9.51 Å². The predicted molar refractivity (Wildman–Crippen MR) is 112 cm³/mol. The molecule has 2 aromatic rings. The number of hydrogen-bond donors (Lipinski definition) is 1. The fourth-order valence-electron chi connectivity index (χ4n) is 4.31. The lowest BCUT2D eigenvalue weighted by atomic mass is 10.2. The van der Waals surface area contributed by atoms with Gasteiger partial charge in [0.25, 0.3) is 5.71 Å². The molecule has 29 heavy (non-hydrogen) atoms. The molecule has 0 aromatic carbocycles. The fraction of sp³-hybridized carbons (Fsp3) is 0.714. The van der Waals surface area contributed by atoms with Crippen molar-refractivity contribution in [2.45, 2.75) is 58.3 Å². The van der Waals surface area contributed by atoms with Crippen LogP contribution in [0.4, 0.5) is 5.82 Å². The number of aryl methyl sites for hydroxylation is 2. The molecule has 2 aliphatic rings. The third-order valence-electron chi connectivity index (χ3n) is 5.96. The summed E-state index contributed by atoms with van der Waals surface area (Å²) in [7, 11) is 0. The van der Waals surface area contributed by atoms with Gasteiger partial charge in [-0.2, -0.15) is 4.98 Å². The first-order valence-corrected chi connectivity index (χ1v) is 11.1. The van der Waals surface area contributed by atoms with Crippen LogP contribution in [0, 0.1) is 6.92 Å². The van der Waals surface area contributed by atoms with Gasteiger partial charge in [-0.1, -0.05) is 18.0 Å². The molecule has 2 fully saturated rings. The first-order valence-electron chi connectivity index (χ1n) is 11.1. The van der Waals surface area contributed by atoms with E-state index in [0.717, 1.165) is 49.6 Å². The van der Waals surface area contributed by atoms with E-state index in [1.54, 1.807) is 0 Å². The minimum absolute atomic E-state index is 0.0537. The van der Waals surface area contributed by atoms with Crippen molar-refractivity contribution in [3.05, 3.63) is 11.5 Å². The summed E-state index contributed by atoms with van der Waals surface area (Å²) in [6.45, 7) is 7.87. The Morgan fingerprint density at radius 3 is 2.52 bits per heavy atom. The molecule has 2 aliphatic heterocycles. The first-order chi connectivity index (χ1) is 14.2. The summed E-state index contributed by atoms with van der Waals surface area (Å²) in [5.74, 6) is 1.63. The molecule has 1 N–H and O–H groups in total. The van der Waals surface area contributed by atoms with Crippen LogP contribution in [-0.4, -0.2) is 65.2 Å². The summed E-state index contributed by atoms with van der Waals surface area (Å²) in [6, 6.07) is 0. The quantitative estimate of drug-likeness (QED) is 0.764. The highest BCUT2D eigenvalue weighted by Gasteiger charge is 2.21. The summed E-state index contributed by atoms with van der Waals surface area (Å²) >= 11 is 0. The molecule has 2 saturated heterocycles. The molecule has 0 radical (unpaired) electrons. The van der Waals surface area contributed by atoms with Crippen LogP contribution in [0.15, 0.2) is 4.52 Å². The van der Waals surface area contributed by atoms with Crippen molar-refractivity contribution in [1.29, 1.82) is 0 Å². The van der Waals surface area contributed by atoms with Crippen LogP contribution in [0.5, 0.6) is 0 Å². The second-order valence-electron chi connectivity index (χ2n) is 8.21. The predicted octanol–water partition coefficient (Wildman–Crippen LogP) is 2.45. The Bertz CT molecular complexity index is 822. The van der Waals surface area contributed by atoms with Gasteiger partial charge in [-0.15, -0.1) is 0 Å². The van der Waals surface area contributed by atoms with Crippen LogP contribution in [0.1, 0.15) is 56.5 Å². The molecule has 2 aromatic heterocycles. The van der Waals surface area contributed by atoms with Crippen LogP contribution in [0.2, 0.25) is 0 Å². The highest BCUT2D eigenvalue weighted by Crippen LogP contribution is 2.29. The number of rotatable bonds is 7. The number of likely N-dealkylation sites (tertiary alicyclic amines) is 1. The summed E-state index contributed by atoms with van der Waals surface area (Å²) in [4.78, 5) is 26.4. The SMILES string of the molecule is Cc1noc2nc(CCC(=O)NCCN3CCCC3)nc(N3CCCCCC3)c12. The lowest BCUT2D eigenvalue weighted by Crippen LogP contribution is -2.33. The van der Waals surface area contributed by atoms with Crippen molar-refractivity contribution in [3.8, 4) is 0 Å². The van der Waals surface area contributed by atoms with E-state index in [2.05, 4.69) is 25.3 Å². The van der Waals surface area contributed by atoms with Gasteiger partial charge in [0.1, 0.15) is 17.0 Å². The molecule has 0 aliphatic carbocycles. The lowest BCUT2D eigenvalue weighted by molar-refractivity contribution is -0.121. The van der Waals surface area contributed by atoms with Gasteiger partial charge in [0, 0.05) is 39.0 Å². The molecule has 1 amide bonds. The number of hydrogen-bond acceptors (Lipinski definition) is 7. The highest BCUT2D eigenvalue weighted by atomic mass is 16.5. The molecule has 8 heteroatoms. The number of anilines is 1. The van der Waals surface area contributed by atoms with Crippen LogP contribution < -0.4 is 10.2 Å². The standard InChI is InChI=1S/C21H32N6O2/c1-16-19-20(27-13-4-2-3-5-14-27)23-17(24-21(19)29-25-16)8-9-18(28)22-10-15-26-11-6-7-12-26/h2-15H2,1H3,(H,22,28). The van der Waals surface area contributed by atoms with E-state index >= 15 is 0 Å². The highest BCUT2D eigenvalue weighted by molar-refractivity contribution is 5.88. The molecule has 0 saturated carbocycles. The van der Waals surface area contributed by atoms with Crippen LogP contribution in [0.25, 0.3) is 11.1 Å². The van der Waals surface area contributed by atoms with Gasteiger partial charge in [0.15, 0.2) is 0 Å². The molecule has 8 nitrogen and oxygen atoms in total. The number of amides is 1. The van der Waals surface area contributed by atoms with Crippen molar-refractivity contribution >= 4 is 22.8 Å². The zero-order chi connectivity index (χ0) is 20.1. The first kappa shape index (κ1) is 20.1. The minimum atomic E-state index is 0.0537. The Morgan fingerprint density at radius 1 is 1.03 bits per heavy atom. The van der Waals surface area contributed by atoms with Gasteiger partial charge in [-0.05, 0) is 45.7 Å². The number of nitrogens with one attached hydrogen (secondary N) is 1. The second-order valence-corrected chi connectivity index (χ2v) is 8.21. The number of fused-ring (bicyclic) bond motifs is 1. The molecule has 0 spiro atoms. The Balaban J connectivity index is 1.39. The van der Waals surface area contributed by atoms with Gasteiger partial charge < -0.3 is 19.6 Å². The summed E-state index contributed by atoms with van der Waals surface area (Å²) < 4.78 is 5.45. The van der Waals surface area contributed by atoms with Gasteiger partial charge in [-0.3, -0.25) is 4.79 Å². The van der Waals surface area contributed by atoms with E-state index in [0.29, 0.717) is 30.9 Å². The van der Waals surface area contributed by atoms with E-state index in [1.807, 2.05) is 6.92 Å². The van der Waals surface area contributed by atoms with Gasteiger partial charge in [-0.25, -0.2) is 4.98 Å². The van der Waals surface area contributed by atoms with E-state index in [-0.39, 0.29) is 5.91 Å². The normalized spacial score (nSPS) is 18.3. The molecule has 4 heterocycles. The average molecular weight is 401 g/mol. The zero-order valence-electron chi connectivity index (χ0n) is 17.5. The Hall–Kier alpha value is -2.22. The molecule has 0 atom stereocenters. The van der Waals surface area contributed by atoms with Gasteiger partial charge in [0.05, 0.1) is 5.69 Å². The third-order valence-corrected chi connectivity index (χ3v) is 5.96. The van der Waals surface area contributed by atoms with E-state index < -0.39 is 0 Å². The smallest absolute Gasteiger partial charge is 0.263 e. The van der Waals surface area contributed by atoms with Gasteiger partial charge >= 0.3 is 0 Å². The largest absolute Gasteiger partial charge is 0.356 e. The maximum atomic E-state index is 12.3. The summed E-state index contributed by atoms with van der Waals surface area (Å²) in [6.07, 6.45) is 8.30. The summed E-state index contributed by atoms with van der Waals surface area (Å²) in [5.41, 5.74) is 1.35. The van der Waals surface area contributed by atoms with Crippen molar-refractivity contribution in [2.75, 3.05) is 44.2 Å². The fourth-order valence-corrected chi connectivity index (χ4v) is 4.31. The van der Waals surface area contributed by atoms with Crippen molar-refractivity contribution in [1.82, 2.24) is 25.3 Å². The minimum Gasteiger partial charge on any atom is -0.356 e. The van der Waals surface area contributed by atoms with Crippen molar-refractivity contribution in [2.24, 2.45) is 0 Å². The molecular weight excluding hydrogens is 368 g/mol. The van der Waals surface area contributed by atoms with Crippen molar-refractivity contribution in [3.63, 3.8) is 0 Å². The Labute approximate surface area is 172 Å². The van der Waals surface area contributed by atoms with E-state index in [1.165, 1.54) is 38.5 Å². The van der Waals surface area contributed by atoms with Crippen LogP contribution in [-0.2, 0) is 11.2 Å². The Morgan fingerprint density at radius 2 is 1.76 bits per heavy atom. The summed E-state index contributed by atoms with van der Waals surface area (Å²) in [5, 5.41) is 8.03. The number of aromatic nitrogens is 3. The monoisotopic (exact) mass is 400 g/mol. The van der Waals surface area contributed by atoms with Crippen LogP contribution >= 0.6 is 0 Å².